The predicted molar refractivity (Wildman–Crippen MR) is 73.8 cm³/mol. The Bertz CT molecular complexity index is 803. The second-order valence-electron chi connectivity index (χ2n) is 4.05. The Kier molecular flexibility index (Phi) is 2.94. The fraction of sp³-hybridized carbons (Fsp3) is 0.0714. The van der Waals surface area contributed by atoms with Crippen LogP contribution in [0.1, 0.15) is 5.56 Å². The van der Waals surface area contributed by atoms with Gasteiger partial charge < -0.3 is 10.1 Å². The van der Waals surface area contributed by atoms with Gasteiger partial charge in [0.1, 0.15) is 17.6 Å². The first-order valence-corrected chi connectivity index (χ1v) is 6.00. The largest absolute Gasteiger partial charge is 0.434 e. The molecule has 20 heavy (non-hydrogen) atoms. The number of aromatic nitrogens is 3. The van der Waals surface area contributed by atoms with Crippen LogP contribution in [-0.4, -0.2) is 21.4 Å². The van der Waals surface area contributed by atoms with E-state index >= 15 is 0 Å². The van der Waals surface area contributed by atoms with Gasteiger partial charge >= 0.3 is 0 Å². The summed E-state index contributed by atoms with van der Waals surface area (Å²) in [6.45, 7) is 0. The molecule has 0 spiro atoms. The summed E-state index contributed by atoms with van der Waals surface area (Å²) in [4.78, 5) is 8.55. The summed E-state index contributed by atoms with van der Waals surface area (Å²) in [6.07, 6.45) is 5.28. The van der Waals surface area contributed by atoms with Gasteiger partial charge in [-0.05, 0) is 12.1 Å². The molecule has 0 bridgehead atoms. The maximum atomic E-state index is 9.09. The number of benzene rings is 1. The Balaban J connectivity index is 2.10. The SMILES string of the molecule is CNc1cn2ccnc2c(Oc2ccccc2C#N)n1. The fourth-order valence-corrected chi connectivity index (χ4v) is 1.84. The van der Waals surface area contributed by atoms with E-state index in [-0.39, 0.29) is 0 Å². The predicted octanol–water partition coefficient (Wildman–Crippen LogP) is 2.43. The molecule has 0 atom stereocenters. The van der Waals surface area contributed by atoms with E-state index in [0.717, 1.165) is 0 Å². The molecule has 0 saturated carbocycles. The number of rotatable bonds is 3. The standard InChI is InChI=1S/C14H11N5O/c1-16-12-9-19-7-6-17-13(19)14(18-12)20-11-5-3-2-4-10(11)8-15/h2-7,9,16H,1H3. The topological polar surface area (TPSA) is 75.2 Å². The average Bonchev–Trinajstić information content (AvgIpc) is 2.96. The van der Waals surface area contributed by atoms with Crippen LogP contribution in [0.5, 0.6) is 11.6 Å². The van der Waals surface area contributed by atoms with Gasteiger partial charge in [-0.25, -0.2) is 4.98 Å². The minimum Gasteiger partial charge on any atom is -0.434 e. The highest BCUT2D eigenvalue weighted by molar-refractivity contribution is 5.56. The molecule has 0 radical (unpaired) electrons. The monoisotopic (exact) mass is 265 g/mol. The molecule has 3 aromatic rings. The summed E-state index contributed by atoms with van der Waals surface area (Å²) in [6, 6.07) is 9.11. The first kappa shape index (κ1) is 12.0. The van der Waals surface area contributed by atoms with Crippen LogP contribution in [0.4, 0.5) is 5.82 Å². The lowest BCUT2D eigenvalue weighted by Gasteiger charge is -2.09. The van der Waals surface area contributed by atoms with Gasteiger partial charge in [0.15, 0.2) is 0 Å². The van der Waals surface area contributed by atoms with Crippen LogP contribution in [-0.2, 0) is 0 Å². The number of nitrogens with zero attached hydrogens (tertiary/aromatic N) is 4. The minimum absolute atomic E-state index is 0.351. The van der Waals surface area contributed by atoms with Gasteiger partial charge in [0, 0.05) is 19.4 Å². The van der Waals surface area contributed by atoms with Crippen LogP contribution in [0.15, 0.2) is 42.9 Å². The minimum atomic E-state index is 0.351. The van der Waals surface area contributed by atoms with Crippen molar-refractivity contribution in [2.45, 2.75) is 0 Å². The molecule has 0 unspecified atom stereocenters. The lowest BCUT2D eigenvalue weighted by atomic mass is 10.2. The van der Waals surface area contributed by atoms with Gasteiger partial charge in [0.25, 0.3) is 5.88 Å². The molecule has 0 aliphatic heterocycles. The van der Waals surface area contributed by atoms with Crippen molar-refractivity contribution in [1.82, 2.24) is 14.4 Å². The first-order valence-electron chi connectivity index (χ1n) is 6.00. The highest BCUT2D eigenvalue weighted by Gasteiger charge is 2.11. The lowest BCUT2D eigenvalue weighted by Crippen LogP contribution is -2.00. The van der Waals surface area contributed by atoms with Crippen LogP contribution in [0.2, 0.25) is 0 Å². The third-order valence-electron chi connectivity index (χ3n) is 2.81. The van der Waals surface area contributed by atoms with Gasteiger partial charge in [-0.2, -0.15) is 10.2 Å². The van der Waals surface area contributed by atoms with Gasteiger partial charge in [0.2, 0.25) is 5.65 Å². The zero-order valence-corrected chi connectivity index (χ0v) is 10.7. The maximum Gasteiger partial charge on any atom is 0.265 e. The van der Waals surface area contributed by atoms with E-state index < -0.39 is 0 Å². The quantitative estimate of drug-likeness (QED) is 0.787. The summed E-state index contributed by atoms with van der Waals surface area (Å²) in [7, 11) is 1.78. The molecular weight excluding hydrogens is 254 g/mol. The third-order valence-corrected chi connectivity index (χ3v) is 2.81. The molecule has 1 aromatic carbocycles. The van der Waals surface area contributed by atoms with Crippen LogP contribution in [0.3, 0.4) is 0 Å². The van der Waals surface area contributed by atoms with Crippen molar-refractivity contribution in [2.24, 2.45) is 0 Å². The molecule has 0 fully saturated rings. The van der Waals surface area contributed by atoms with E-state index in [4.69, 9.17) is 10.00 Å². The Hall–Kier alpha value is -3.07. The number of nitrogens with one attached hydrogen (secondary N) is 1. The molecule has 6 heteroatoms. The Morgan fingerprint density at radius 1 is 1.35 bits per heavy atom. The summed E-state index contributed by atoms with van der Waals surface area (Å²) in [5, 5.41) is 12.0. The first-order chi connectivity index (χ1) is 9.81. The van der Waals surface area contributed by atoms with E-state index in [1.807, 2.05) is 10.6 Å². The molecule has 98 valence electrons. The van der Waals surface area contributed by atoms with E-state index in [1.165, 1.54) is 0 Å². The second-order valence-corrected chi connectivity index (χ2v) is 4.05. The molecule has 0 aliphatic carbocycles. The number of nitriles is 1. The van der Waals surface area contributed by atoms with Crippen molar-refractivity contribution >= 4 is 11.5 Å². The highest BCUT2D eigenvalue weighted by atomic mass is 16.5. The number of ether oxygens (including phenoxy) is 1. The number of imidazole rings is 1. The van der Waals surface area contributed by atoms with Gasteiger partial charge in [-0.1, -0.05) is 12.1 Å². The average molecular weight is 265 g/mol. The van der Waals surface area contributed by atoms with Crippen molar-refractivity contribution in [3.8, 4) is 17.7 Å². The highest BCUT2D eigenvalue weighted by Crippen LogP contribution is 2.27. The Labute approximate surface area is 115 Å². The Morgan fingerprint density at radius 2 is 2.20 bits per heavy atom. The maximum absolute atomic E-state index is 9.09. The third kappa shape index (κ3) is 2.01. The van der Waals surface area contributed by atoms with Crippen LogP contribution in [0, 0.1) is 11.3 Å². The molecule has 1 N–H and O–H groups in total. The molecular formula is C14H11N5O. The number of hydrogen-bond donors (Lipinski definition) is 1. The van der Waals surface area contributed by atoms with Gasteiger partial charge in [-0.3, -0.25) is 4.40 Å². The number of fused-ring (bicyclic) bond motifs is 1. The van der Waals surface area contributed by atoms with Crippen LogP contribution in [0.25, 0.3) is 5.65 Å². The van der Waals surface area contributed by atoms with E-state index in [9.17, 15) is 0 Å². The molecule has 2 aromatic heterocycles. The van der Waals surface area contributed by atoms with E-state index in [1.54, 1.807) is 43.7 Å². The van der Waals surface area contributed by atoms with Crippen molar-refractivity contribution in [3.63, 3.8) is 0 Å². The normalized spacial score (nSPS) is 10.2. The van der Waals surface area contributed by atoms with Crippen LogP contribution < -0.4 is 10.1 Å². The summed E-state index contributed by atoms with van der Waals surface area (Å²) >= 11 is 0. The van der Waals surface area contributed by atoms with Crippen molar-refractivity contribution in [1.29, 1.82) is 5.26 Å². The van der Waals surface area contributed by atoms with Gasteiger partial charge in [0.05, 0.1) is 11.8 Å². The van der Waals surface area contributed by atoms with Crippen molar-refractivity contribution < 1.29 is 4.74 Å². The molecule has 3 rings (SSSR count). The number of para-hydroxylation sites is 1. The molecule has 0 amide bonds. The summed E-state index contributed by atoms with van der Waals surface area (Å²) in [5.74, 6) is 1.46. The van der Waals surface area contributed by atoms with Crippen molar-refractivity contribution in [2.75, 3.05) is 12.4 Å². The number of hydrogen-bond acceptors (Lipinski definition) is 5. The number of anilines is 1. The smallest absolute Gasteiger partial charge is 0.265 e. The summed E-state index contributed by atoms with van der Waals surface area (Å²) in [5.41, 5.74) is 1.05. The lowest BCUT2D eigenvalue weighted by molar-refractivity contribution is 0.464. The van der Waals surface area contributed by atoms with Crippen molar-refractivity contribution in [3.05, 3.63) is 48.4 Å². The van der Waals surface area contributed by atoms with Crippen LogP contribution >= 0.6 is 0 Å². The zero-order valence-electron chi connectivity index (χ0n) is 10.7. The Morgan fingerprint density at radius 3 is 3.00 bits per heavy atom. The fourth-order valence-electron chi connectivity index (χ4n) is 1.84. The molecule has 0 aliphatic rings. The van der Waals surface area contributed by atoms with E-state index in [0.29, 0.717) is 28.7 Å². The van der Waals surface area contributed by atoms with E-state index in [2.05, 4.69) is 21.4 Å². The molecule has 2 heterocycles. The molecule has 0 saturated heterocycles. The van der Waals surface area contributed by atoms with Gasteiger partial charge in [-0.15, -0.1) is 0 Å². The second kappa shape index (κ2) is 4.90. The molecule has 6 nitrogen and oxygen atoms in total. The zero-order chi connectivity index (χ0) is 13.9. The summed E-state index contributed by atoms with van der Waals surface area (Å²) < 4.78 is 7.57.